The van der Waals surface area contributed by atoms with Gasteiger partial charge < -0.3 is 9.73 Å². The van der Waals surface area contributed by atoms with Crippen molar-refractivity contribution >= 4 is 37.7 Å². The monoisotopic (exact) mass is 382 g/mol. The molecule has 0 bridgehead atoms. The van der Waals surface area contributed by atoms with E-state index in [4.69, 9.17) is 4.42 Å². The van der Waals surface area contributed by atoms with Gasteiger partial charge in [-0.05, 0) is 35.0 Å². The number of sulfonamides is 1. The minimum absolute atomic E-state index is 0.165. The van der Waals surface area contributed by atoms with Crippen LogP contribution in [0.15, 0.2) is 20.0 Å². The Morgan fingerprint density at radius 2 is 2.25 bits per heavy atom. The fraction of sp³-hybridized carbons (Fsp3) is 0.667. The van der Waals surface area contributed by atoms with Gasteiger partial charge in [0, 0.05) is 23.9 Å². The van der Waals surface area contributed by atoms with Crippen LogP contribution in [0.3, 0.4) is 0 Å². The zero-order valence-corrected chi connectivity index (χ0v) is 14.7. The summed E-state index contributed by atoms with van der Waals surface area (Å²) in [6, 6.07) is 2.13. The number of hydrogen-bond donors (Lipinski definition) is 2. The van der Waals surface area contributed by atoms with Gasteiger partial charge in [-0.1, -0.05) is 6.92 Å². The van der Waals surface area contributed by atoms with Crippen LogP contribution in [0.25, 0.3) is 0 Å². The summed E-state index contributed by atoms with van der Waals surface area (Å²) in [5.74, 6) is 0.627. The second-order valence-corrected chi connectivity index (χ2v) is 8.64. The number of nitrogens with one attached hydrogen (secondary N) is 2. The Bertz CT molecular complexity index is 555. The van der Waals surface area contributed by atoms with Crippen LogP contribution in [0.4, 0.5) is 0 Å². The van der Waals surface area contributed by atoms with Gasteiger partial charge in [-0.3, -0.25) is 0 Å². The summed E-state index contributed by atoms with van der Waals surface area (Å²) in [5.41, 5.74) is 0. The molecular formula is C12H19BrN2O3S2. The number of rotatable bonds is 8. The van der Waals surface area contributed by atoms with Crippen LogP contribution in [0.1, 0.15) is 25.5 Å². The van der Waals surface area contributed by atoms with Gasteiger partial charge in [-0.2, -0.15) is 11.8 Å². The third kappa shape index (κ3) is 4.49. The molecule has 20 heavy (non-hydrogen) atoms. The number of halogens is 1. The van der Waals surface area contributed by atoms with Gasteiger partial charge >= 0.3 is 0 Å². The molecule has 1 aromatic rings. The predicted molar refractivity (Wildman–Crippen MR) is 84.4 cm³/mol. The van der Waals surface area contributed by atoms with Crippen molar-refractivity contribution in [3.05, 3.63) is 16.5 Å². The Balaban J connectivity index is 2.01. The summed E-state index contributed by atoms with van der Waals surface area (Å²) < 4.78 is 32.7. The molecule has 1 atom stereocenters. The summed E-state index contributed by atoms with van der Waals surface area (Å²) in [4.78, 5) is 0.165. The fourth-order valence-electron chi connectivity index (χ4n) is 1.59. The van der Waals surface area contributed by atoms with Gasteiger partial charge in [0.1, 0.15) is 10.7 Å². The van der Waals surface area contributed by atoms with Crippen molar-refractivity contribution in [2.75, 3.05) is 12.8 Å². The van der Waals surface area contributed by atoms with Crippen molar-refractivity contribution in [1.29, 1.82) is 0 Å². The molecule has 8 heteroatoms. The highest BCUT2D eigenvalue weighted by molar-refractivity contribution is 9.10. The third-order valence-corrected chi connectivity index (χ3v) is 6.35. The van der Waals surface area contributed by atoms with Crippen LogP contribution in [0, 0.1) is 0 Å². The molecule has 0 aromatic carbocycles. The van der Waals surface area contributed by atoms with E-state index in [0.717, 1.165) is 0 Å². The van der Waals surface area contributed by atoms with Crippen molar-refractivity contribution in [3.8, 4) is 0 Å². The van der Waals surface area contributed by atoms with Crippen molar-refractivity contribution in [3.63, 3.8) is 0 Å². The lowest BCUT2D eigenvalue weighted by Crippen LogP contribution is -2.29. The zero-order chi connectivity index (χ0) is 14.8. The van der Waals surface area contributed by atoms with E-state index in [0.29, 0.717) is 24.9 Å². The van der Waals surface area contributed by atoms with Gasteiger partial charge in [-0.25, -0.2) is 13.1 Å². The molecule has 0 radical (unpaired) electrons. The molecule has 1 fully saturated rings. The van der Waals surface area contributed by atoms with Crippen molar-refractivity contribution in [2.24, 2.45) is 0 Å². The maximum atomic E-state index is 12.2. The van der Waals surface area contributed by atoms with E-state index in [9.17, 15) is 8.42 Å². The van der Waals surface area contributed by atoms with Crippen molar-refractivity contribution < 1.29 is 12.8 Å². The molecule has 0 aliphatic heterocycles. The van der Waals surface area contributed by atoms with E-state index in [1.165, 1.54) is 12.8 Å². The summed E-state index contributed by atoms with van der Waals surface area (Å²) >= 11 is 4.80. The molecule has 0 saturated heterocycles. The molecule has 2 rings (SSSR count). The van der Waals surface area contributed by atoms with Gasteiger partial charge in [0.25, 0.3) is 0 Å². The smallest absolute Gasteiger partial charge is 0.245 e. The summed E-state index contributed by atoms with van der Waals surface area (Å²) in [6.07, 6.45) is 4.32. The van der Waals surface area contributed by atoms with Crippen molar-refractivity contribution in [1.82, 2.24) is 10.0 Å². The lowest BCUT2D eigenvalue weighted by Gasteiger charge is -2.09. The number of thioether (sulfide) groups is 1. The molecule has 114 valence electrons. The molecule has 1 unspecified atom stereocenters. The lowest BCUT2D eigenvalue weighted by atomic mass is 10.4. The van der Waals surface area contributed by atoms with Crippen LogP contribution in [0.2, 0.25) is 0 Å². The van der Waals surface area contributed by atoms with Crippen molar-refractivity contribution in [2.45, 2.75) is 42.5 Å². The van der Waals surface area contributed by atoms with E-state index < -0.39 is 10.0 Å². The fourth-order valence-corrected chi connectivity index (χ4v) is 4.07. The second kappa shape index (κ2) is 6.83. The van der Waals surface area contributed by atoms with E-state index in [1.807, 2.05) is 13.2 Å². The standard InChI is InChI=1S/C12H19BrN2O3S2/c1-8(19-2)6-15-20(16,17)11-5-10(18-12(11)13)7-14-9-3-4-9/h5,8-9,14-15H,3-4,6-7H2,1-2H3. The highest BCUT2D eigenvalue weighted by Gasteiger charge is 2.24. The summed E-state index contributed by atoms with van der Waals surface area (Å²) in [6.45, 7) is 2.93. The van der Waals surface area contributed by atoms with E-state index in [2.05, 4.69) is 26.0 Å². The first kappa shape index (κ1) is 16.4. The Morgan fingerprint density at radius 1 is 1.55 bits per heavy atom. The molecule has 1 aromatic heterocycles. The first-order valence-corrected chi connectivity index (χ1v) is 10.0. The van der Waals surface area contributed by atoms with Crippen LogP contribution >= 0.6 is 27.7 Å². The molecule has 1 saturated carbocycles. The number of furan rings is 1. The minimum atomic E-state index is -3.53. The van der Waals surface area contributed by atoms with Gasteiger partial charge in [-0.15, -0.1) is 0 Å². The first-order chi connectivity index (χ1) is 9.42. The van der Waals surface area contributed by atoms with Gasteiger partial charge in [0.2, 0.25) is 10.0 Å². The molecule has 0 amide bonds. The third-order valence-electron chi connectivity index (χ3n) is 3.10. The first-order valence-electron chi connectivity index (χ1n) is 6.46. The molecule has 2 N–H and O–H groups in total. The highest BCUT2D eigenvalue weighted by Crippen LogP contribution is 2.27. The largest absolute Gasteiger partial charge is 0.452 e. The second-order valence-electron chi connectivity index (χ2n) is 4.90. The van der Waals surface area contributed by atoms with E-state index in [-0.39, 0.29) is 14.8 Å². The SMILES string of the molecule is CSC(C)CNS(=O)(=O)c1cc(CNC2CC2)oc1Br. The highest BCUT2D eigenvalue weighted by atomic mass is 79.9. The quantitative estimate of drug-likeness (QED) is 0.721. The minimum Gasteiger partial charge on any atom is -0.452 e. The normalized spacial score (nSPS) is 17.4. The number of hydrogen-bond acceptors (Lipinski definition) is 5. The molecule has 1 heterocycles. The molecule has 1 aliphatic carbocycles. The zero-order valence-electron chi connectivity index (χ0n) is 11.5. The molecule has 0 spiro atoms. The molecular weight excluding hydrogens is 364 g/mol. The van der Waals surface area contributed by atoms with Crippen LogP contribution in [0.5, 0.6) is 0 Å². The molecule has 1 aliphatic rings. The van der Waals surface area contributed by atoms with Crippen LogP contribution < -0.4 is 10.0 Å². The average molecular weight is 383 g/mol. The maximum absolute atomic E-state index is 12.2. The van der Waals surface area contributed by atoms with Crippen LogP contribution in [-0.2, 0) is 16.6 Å². The Morgan fingerprint density at radius 3 is 2.85 bits per heavy atom. The van der Waals surface area contributed by atoms with E-state index in [1.54, 1.807) is 17.8 Å². The molecule has 5 nitrogen and oxygen atoms in total. The Hall–Kier alpha value is -0.0200. The van der Waals surface area contributed by atoms with E-state index >= 15 is 0 Å². The van der Waals surface area contributed by atoms with Gasteiger partial charge in [0.15, 0.2) is 4.67 Å². The lowest BCUT2D eigenvalue weighted by molar-refractivity contribution is 0.460. The Labute approximate surface area is 132 Å². The summed E-state index contributed by atoms with van der Waals surface area (Å²) in [7, 11) is -3.53. The maximum Gasteiger partial charge on any atom is 0.245 e. The van der Waals surface area contributed by atoms with Crippen LogP contribution in [-0.4, -0.2) is 32.5 Å². The predicted octanol–water partition coefficient (Wildman–Crippen LogP) is 2.32. The van der Waals surface area contributed by atoms with Gasteiger partial charge in [0.05, 0.1) is 6.54 Å². The Kier molecular flexibility index (Phi) is 5.58. The summed E-state index contributed by atoms with van der Waals surface area (Å²) in [5, 5.41) is 3.52. The average Bonchev–Trinajstić information content (AvgIpc) is 3.16. The topological polar surface area (TPSA) is 71.3 Å².